The Labute approximate surface area is 133 Å². The van der Waals surface area contributed by atoms with Gasteiger partial charge in [-0.15, -0.1) is 0 Å². The zero-order valence-electron chi connectivity index (χ0n) is 13.0. The Morgan fingerprint density at radius 2 is 1.87 bits per heavy atom. The standard InChI is InChI=1S/C12H16N2O.C4H4O4/c1-9(13)8-14-6-5-10-3-4-11(15-2)7-12(10)14;5-3(6)1-2-4(7)8/h3-7,9H,8,13H2,1-2H3;1-2H,(H,5,6)(H,7,8)/b;2-1+/t9-;/m0./s1. The summed E-state index contributed by atoms with van der Waals surface area (Å²) in [7, 11) is 1.68. The number of hydrogen-bond donors (Lipinski definition) is 3. The summed E-state index contributed by atoms with van der Waals surface area (Å²) < 4.78 is 7.36. The van der Waals surface area contributed by atoms with Gasteiger partial charge in [-0.25, -0.2) is 9.59 Å². The molecule has 0 radical (unpaired) electrons. The fourth-order valence-corrected chi connectivity index (χ4v) is 1.90. The summed E-state index contributed by atoms with van der Waals surface area (Å²) in [6.45, 7) is 2.84. The Kier molecular flexibility index (Phi) is 6.82. The zero-order valence-corrected chi connectivity index (χ0v) is 13.0. The van der Waals surface area contributed by atoms with Gasteiger partial charge in [0.1, 0.15) is 5.75 Å². The highest BCUT2D eigenvalue weighted by Crippen LogP contribution is 2.21. The van der Waals surface area contributed by atoms with Gasteiger partial charge in [-0.1, -0.05) is 0 Å². The van der Waals surface area contributed by atoms with E-state index in [1.54, 1.807) is 7.11 Å². The molecule has 1 atom stereocenters. The van der Waals surface area contributed by atoms with Gasteiger partial charge in [0.2, 0.25) is 0 Å². The van der Waals surface area contributed by atoms with Crippen LogP contribution in [0.5, 0.6) is 5.75 Å². The number of aliphatic carboxylic acids is 2. The molecule has 0 fully saturated rings. The highest BCUT2D eigenvalue weighted by Gasteiger charge is 2.04. The molecule has 1 heterocycles. The summed E-state index contributed by atoms with van der Waals surface area (Å²) in [5.74, 6) is -1.63. The minimum absolute atomic E-state index is 0.159. The molecule has 1 aromatic carbocycles. The number of methoxy groups -OCH3 is 1. The molecule has 0 saturated carbocycles. The first-order valence-corrected chi connectivity index (χ1v) is 6.86. The van der Waals surface area contributed by atoms with Gasteiger partial charge < -0.3 is 25.3 Å². The minimum Gasteiger partial charge on any atom is -0.497 e. The molecular weight excluding hydrogens is 300 g/mol. The van der Waals surface area contributed by atoms with Gasteiger partial charge in [0.15, 0.2) is 0 Å². The van der Waals surface area contributed by atoms with Crippen LogP contribution in [0.2, 0.25) is 0 Å². The molecular formula is C16H20N2O5. The Hall–Kier alpha value is -2.80. The molecule has 0 aliphatic rings. The lowest BCUT2D eigenvalue weighted by atomic mass is 10.2. The summed E-state index contributed by atoms with van der Waals surface area (Å²) in [5.41, 5.74) is 6.97. The molecule has 23 heavy (non-hydrogen) atoms. The summed E-state index contributed by atoms with van der Waals surface area (Å²) in [4.78, 5) is 19.1. The number of rotatable bonds is 5. The van der Waals surface area contributed by atoms with E-state index in [1.807, 2.05) is 19.1 Å². The third-order valence-corrected chi connectivity index (χ3v) is 2.83. The number of benzene rings is 1. The van der Waals surface area contributed by atoms with Crippen molar-refractivity contribution in [2.75, 3.05) is 7.11 Å². The number of nitrogens with zero attached hydrogens (tertiary/aromatic N) is 1. The molecule has 124 valence electrons. The van der Waals surface area contributed by atoms with E-state index < -0.39 is 11.9 Å². The highest BCUT2D eigenvalue weighted by molar-refractivity contribution is 5.89. The first-order chi connectivity index (χ1) is 10.8. The minimum atomic E-state index is -1.26. The Morgan fingerprint density at radius 1 is 1.26 bits per heavy atom. The van der Waals surface area contributed by atoms with Crippen molar-refractivity contribution in [1.29, 1.82) is 0 Å². The quantitative estimate of drug-likeness (QED) is 0.722. The SMILES string of the molecule is COc1ccc2ccn(C[C@H](C)N)c2c1.O=C(O)/C=C/C(=O)O. The van der Waals surface area contributed by atoms with Crippen LogP contribution in [0.1, 0.15) is 6.92 Å². The summed E-state index contributed by atoms with van der Waals surface area (Å²) in [5, 5.41) is 16.8. The van der Waals surface area contributed by atoms with Crippen LogP contribution in [-0.4, -0.2) is 39.9 Å². The normalized spacial score (nSPS) is 11.8. The maximum absolute atomic E-state index is 9.55. The van der Waals surface area contributed by atoms with Crippen LogP contribution in [0.4, 0.5) is 0 Å². The number of aromatic nitrogens is 1. The van der Waals surface area contributed by atoms with Crippen molar-refractivity contribution < 1.29 is 24.5 Å². The maximum atomic E-state index is 9.55. The van der Waals surface area contributed by atoms with Gasteiger partial charge in [0.25, 0.3) is 0 Å². The molecule has 0 aliphatic carbocycles. The van der Waals surface area contributed by atoms with Crippen LogP contribution < -0.4 is 10.5 Å². The van der Waals surface area contributed by atoms with Crippen molar-refractivity contribution in [3.05, 3.63) is 42.6 Å². The Balaban J connectivity index is 0.000000284. The number of carboxylic acid groups (broad SMARTS) is 2. The number of nitrogens with two attached hydrogens (primary N) is 1. The van der Waals surface area contributed by atoms with E-state index in [-0.39, 0.29) is 6.04 Å². The van der Waals surface area contributed by atoms with E-state index in [9.17, 15) is 9.59 Å². The molecule has 0 unspecified atom stereocenters. The number of hydrogen-bond acceptors (Lipinski definition) is 4. The van der Waals surface area contributed by atoms with Crippen LogP contribution in [0.3, 0.4) is 0 Å². The Bertz CT molecular complexity index is 688. The van der Waals surface area contributed by atoms with Crippen LogP contribution >= 0.6 is 0 Å². The Morgan fingerprint density at radius 3 is 2.35 bits per heavy atom. The van der Waals surface area contributed by atoms with Gasteiger partial charge in [-0.3, -0.25) is 0 Å². The maximum Gasteiger partial charge on any atom is 0.328 e. The van der Waals surface area contributed by atoms with Crippen LogP contribution in [0, 0.1) is 0 Å². The first kappa shape index (κ1) is 18.2. The van der Waals surface area contributed by atoms with E-state index in [0.29, 0.717) is 12.2 Å². The van der Waals surface area contributed by atoms with E-state index in [4.69, 9.17) is 20.7 Å². The zero-order chi connectivity index (χ0) is 17.4. The smallest absolute Gasteiger partial charge is 0.328 e. The third kappa shape index (κ3) is 6.23. The lowest BCUT2D eigenvalue weighted by Gasteiger charge is -2.09. The molecule has 0 spiro atoms. The van der Waals surface area contributed by atoms with Crippen molar-refractivity contribution in [2.45, 2.75) is 19.5 Å². The van der Waals surface area contributed by atoms with Gasteiger partial charge in [-0.2, -0.15) is 0 Å². The van der Waals surface area contributed by atoms with Gasteiger partial charge in [0, 0.05) is 37.0 Å². The number of carboxylic acids is 2. The van der Waals surface area contributed by atoms with Crippen molar-refractivity contribution >= 4 is 22.8 Å². The number of ether oxygens (including phenoxy) is 1. The molecule has 0 amide bonds. The molecule has 0 saturated heterocycles. The predicted octanol–water partition coefficient (Wildman–Crippen LogP) is 1.71. The second-order valence-electron chi connectivity index (χ2n) is 4.88. The predicted molar refractivity (Wildman–Crippen MR) is 86.6 cm³/mol. The molecule has 7 heteroatoms. The van der Waals surface area contributed by atoms with E-state index in [1.165, 1.54) is 10.9 Å². The largest absolute Gasteiger partial charge is 0.497 e. The topological polar surface area (TPSA) is 115 Å². The second-order valence-corrected chi connectivity index (χ2v) is 4.88. The molecule has 0 bridgehead atoms. The molecule has 4 N–H and O–H groups in total. The first-order valence-electron chi connectivity index (χ1n) is 6.86. The molecule has 2 aromatic rings. The summed E-state index contributed by atoms with van der Waals surface area (Å²) in [6.07, 6.45) is 3.18. The molecule has 7 nitrogen and oxygen atoms in total. The average molecular weight is 320 g/mol. The summed E-state index contributed by atoms with van der Waals surface area (Å²) >= 11 is 0. The molecule has 1 aromatic heterocycles. The number of carbonyl (C=O) groups is 2. The number of fused-ring (bicyclic) bond motifs is 1. The van der Waals surface area contributed by atoms with E-state index >= 15 is 0 Å². The lowest BCUT2D eigenvalue weighted by molar-refractivity contribution is -0.134. The van der Waals surface area contributed by atoms with Crippen LogP contribution in [-0.2, 0) is 16.1 Å². The lowest BCUT2D eigenvalue weighted by Crippen LogP contribution is -2.21. The van der Waals surface area contributed by atoms with Gasteiger partial charge in [-0.05, 0) is 30.5 Å². The fraction of sp³-hybridized carbons (Fsp3) is 0.250. The van der Waals surface area contributed by atoms with Crippen LogP contribution in [0.15, 0.2) is 42.6 Å². The van der Waals surface area contributed by atoms with Crippen LogP contribution in [0.25, 0.3) is 10.9 Å². The third-order valence-electron chi connectivity index (χ3n) is 2.83. The average Bonchev–Trinajstić information content (AvgIpc) is 2.87. The van der Waals surface area contributed by atoms with E-state index in [2.05, 4.69) is 22.9 Å². The van der Waals surface area contributed by atoms with Crippen molar-refractivity contribution in [3.63, 3.8) is 0 Å². The van der Waals surface area contributed by atoms with Crippen molar-refractivity contribution in [2.24, 2.45) is 5.73 Å². The molecule has 0 aliphatic heterocycles. The molecule has 2 rings (SSSR count). The highest BCUT2D eigenvalue weighted by atomic mass is 16.5. The van der Waals surface area contributed by atoms with Gasteiger partial charge >= 0.3 is 11.9 Å². The van der Waals surface area contributed by atoms with Gasteiger partial charge in [0.05, 0.1) is 12.6 Å². The summed E-state index contributed by atoms with van der Waals surface area (Å²) in [6, 6.07) is 8.33. The second kappa shape index (κ2) is 8.60. The van der Waals surface area contributed by atoms with Crippen molar-refractivity contribution in [1.82, 2.24) is 4.57 Å². The monoisotopic (exact) mass is 320 g/mol. The van der Waals surface area contributed by atoms with Crippen molar-refractivity contribution in [3.8, 4) is 5.75 Å². The van der Waals surface area contributed by atoms with E-state index in [0.717, 1.165) is 12.3 Å². The fourth-order valence-electron chi connectivity index (χ4n) is 1.90.